The van der Waals surface area contributed by atoms with E-state index in [4.69, 9.17) is 16.7 Å². The minimum absolute atomic E-state index is 0.0279. The summed E-state index contributed by atoms with van der Waals surface area (Å²) >= 11 is 6.12. The Morgan fingerprint density at radius 2 is 2.06 bits per heavy atom. The zero-order valence-electron chi connectivity index (χ0n) is 8.83. The number of rotatable bonds is 2. The number of aryl methyl sites for hydroxylation is 1. The van der Waals surface area contributed by atoms with Gasteiger partial charge in [0, 0.05) is 10.4 Å². The fourth-order valence-corrected chi connectivity index (χ4v) is 2.12. The van der Waals surface area contributed by atoms with Gasteiger partial charge in [-0.3, -0.25) is 4.79 Å². The summed E-state index contributed by atoms with van der Waals surface area (Å²) in [4.78, 5) is 10.6. The largest absolute Gasteiger partial charge is 0.481 e. The van der Waals surface area contributed by atoms with Crippen LogP contribution >= 0.6 is 11.6 Å². The van der Waals surface area contributed by atoms with E-state index in [1.165, 1.54) is 0 Å². The molecule has 1 N–H and O–H groups in total. The van der Waals surface area contributed by atoms with Crippen molar-refractivity contribution in [2.45, 2.75) is 13.3 Å². The Morgan fingerprint density at radius 1 is 1.31 bits per heavy atom. The van der Waals surface area contributed by atoms with Crippen LogP contribution in [0.3, 0.4) is 0 Å². The van der Waals surface area contributed by atoms with Gasteiger partial charge < -0.3 is 5.11 Å². The zero-order valence-corrected chi connectivity index (χ0v) is 9.58. The van der Waals surface area contributed by atoms with Crippen molar-refractivity contribution in [2.24, 2.45) is 0 Å². The van der Waals surface area contributed by atoms with Crippen molar-refractivity contribution < 1.29 is 9.90 Å². The summed E-state index contributed by atoms with van der Waals surface area (Å²) < 4.78 is 0. The molecular weight excluding hydrogens is 224 g/mol. The maximum Gasteiger partial charge on any atom is 0.307 e. The van der Waals surface area contributed by atoms with E-state index in [9.17, 15) is 4.79 Å². The molecule has 82 valence electrons. The first-order valence-corrected chi connectivity index (χ1v) is 5.34. The zero-order chi connectivity index (χ0) is 11.7. The van der Waals surface area contributed by atoms with E-state index in [1.54, 1.807) is 0 Å². The Bertz CT molecular complexity index is 561. The molecule has 0 aliphatic carbocycles. The highest BCUT2D eigenvalue weighted by atomic mass is 35.5. The minimum Gasteiger partial charge on any atom is -0.481 e. The van der Waals surface area contributed by atoms with Crippen LogP contribution in [-0.4, -0.2) is 11.1 Å². The normalized spacial score (nSPS) is 10.6. The summed E-state index contributed by atoms with van der Waals surface area (Å²) in [6, 6.07) is 9.49. The Balaban J connectivity index is 2.57. The Morgan fingerprint density at radius 3 is 2.75 bits per heavy atom. The van der Waals surface area contributed by atoms with Crippen molar-refractivity contribution in [1.82, 2.24) is 0 Å². The molecule has 0 saturated carbocycles. The number of hydrogen-bond donors (Lipinski definition) is 1. The lowest BCUT2D eigenvalue weighted by Gasteiger charge is -2.05. The average molecular weight is 235 g/mol. The smallest absolute Gasteiger partial charge is 0.307 e. The molecule has 0 radical (unpaired) electrons. The van der Waals surface area contributed by atoms with Crippen molar-refractivity contribution in [2.75, 3.05) is 0 Å². The standard InChI is InChI=1S/C13H11ClO2/c1-8-4-10-3-2-9(7-13(15)16)6-11(10)12(14)5-8/h2-6H,7H2,1H3,(H,15,16). The van der Waals surface area contributed by atoms with Crippen LogP contribution in [0.4, 0.5) is 0 Å². The molecule has 16 heavy (non-hydrogen) atoms. The van der Waals surface area contributed by atoms with E-state index >= 15 is 0 Å². The van der Waals surface area contributed by atoms with Crippen LogP contribution in [0.1, 0.15) is 11.1 Å². The second-order valence-corrected chi connectivity index (χ2v) is 4.28. The lowest BCUT2D eigenvalue weighted by Crippen LogP contribution is -1.99. The molecule has 3 heteroatoms. The number of aliphatic carboxylic acids is 1. The second kappa shape index (κ2) is 4.14. The summed E-state index contributed by atoms with van der Waals surface area (Å²) in [5.74, 6) is -0.831. The van der Waals surface area contributed by atoms with Crippen LogP contribution < -0.4 is 0 Å². The van der Waals surface area contributed by atoms with Crippen molar-refractivity contribution in [3.8, 4) is 0 Å². The van der Waals surface area contributed by atoms with Gasteiger partial charge in [-0.15, -0.1) is 0 Å². The van der Waals surface area contributed by atoms with Crippen LogP contribution in [0.2, 0.25) is 5.02 Å². The number of benzene rings is 2. The van der Waals surface area contributed by atoms with Gasteiger partial charge in [0.2, 0.25) is 0 Å². The second-order valence-electron chi connectivity index (χ2n) is 3.87. The van der Waals surface area contributed by atoms with E-state index in [1.807, 2.05) is 37.3 Å². The fraction of sp³-hybridized carbons (Fsp3) is 0.154. The molecule has 2 aromatic rings. The van der Waals surface area contributed by atoms with Crippen LogP contribution in [0.5, 0.6) is 0 Å². The quantitative estimate of drug-likeness (QED) is 0.865. The van der Waals surface area contributed by atoms with Gasteiger partial charge in [-0.2, -0.15) is 0 Å². The van der Waals surface area contributed by atoms with Gasteiger partial charge in [-0.1, -0.05) is 29.8 Å². The molecule has 2 rings (SSSR count). The lowest BCUT2D eigenvalue weighted by molar-refractivity contribution is -0.136. The van der Waals surface area contributed by atoms with E-state index in [2.05, 4.69) is 0 Å². The highest BCUT2D eigenvalue weighted by Gasteiger charge is 2.04. The first-order chi connectivity index (χ1) is 7.56. The summed E-state index contributed by atoms with van der Waals surface area (Å²) in [6.45, 7) is 1.98. The molecule has 0 amide bonds. The van der Waals surface area contributed by atoms with Crippen molar-refractivity contribution in [3.63, 3.8) is 0 Å². The maximum absolute atomic E-state index is 10.6. The molecule has 0 heterocycles. The highest BCUT2D eigenvalue weighted by Crippen LogP contribution is 2.26. The predicted octanol–water partition coefficient (Wildman–Crippen LogP) is 3.43. The summed E-state index contributed by atoms with van der Waals surface area (Å²) in [7, 11) is 0. The summed E-state index contributed by atoms with van der Waals surface area (Å²) in [6.07, 6.45) is 0.0279. The van der Waals surface area contributed by atoms with Gasteiger partial charge in [0.05, 0.1) is 6.42 Å². The predicted molar refractivity (Wildman–Crippen MR) is 65.0 cm³/mol. The Labute approximate surface area is 98.5 Å². The average Bonchev–Trinajstić information content (AvgIpc) is 2.18. The Kier molecular flexibility index (Phi) is 2.84. The van der Waals surface area contributed by atoms with Gasteiger partial charge in [0.1, 0.15) is 0 Å². The molecule has 0 fully saturated rings. The summed E-state index contributed by atoms with van der Waals surface area (Å²) in [5, 5.41) is 11.3. The monoisotopic (exact) mass is 234 g/mol. The molecule has 2 aromatic carbocycles. The topological polar surface area (TPSA) is 37.3 Å². The van der Waals surface area contributed by atoms with Gasteiger partial charge >= 0.3 is 5.97 Å². The van der Waals surface area contributed by atoms with Gasteiger partial charge in [-0.05, 0) is 35.6 Å². The molecule has 0 spiro atoms. The molecule has 0 unspecified atom stereocenters. The van der Waals surface area contributed by atoms with Gasteiger partial charge in [-0.25, -0.2) is 0 Å². The van der Waals surface area contributed by atoms with E-state index in [0.29, 0.717) is 5.02 Å². The fourth-order valence-electron chi connectivity index (χ4n) is 1.79. The highest BCUT2D eigenvalue weighted by molar-refractivity contribution is 6.35. The molecule has 0 aliphatic heterocycles. The Hall–Kier alpha value is -1.54. The van der Waals surface area contributed by atoms with Gasteiger partial charge in [0.15, 0.2) is 0 Å². The molecular formula is C13H11ClO2. The van der Waals surface area contributed by atoms with Crippen molar-refractivity contribution >= 4 is 28.3 Å². The molecule has 0 atom stereocenters. The number of fused-ring (bicyclic) bond motifs is 1. The lowest BCUT2D eigenvalue weighted by atomic mass is 10.0. The van der Waals surface area contributed by atoms with Crippen molar-refractivity contribution in [3.05, 3.63) is 46.5 Å². The maximum atomic E-state index is 10.6. The first kappa shape index (κ1) is 11.0. The molecule has 0 saturated heterocycles. The van der Waals surface area contributed by atoms with E-state index in [0.717, 1.165) is 21.9 Å². The number of halogens is 1. The van der Waals surface area contributed by atoms with Crippen LogP contribution in [0, 0.1) is 6.92 Å². The van der Waals surface area contributed by atoms with Crippen molar-refractivity contribution in [1.29, 1.82) is 0 Å². The van der Waals surface area contributed by atoms with Crippen LogP contribution in [0.25, 0.3) is 10.8 Å². The number of hydrogen-bond acceptors (Lipinski definition) is 1. The molecule has 0 aromatic heterocycles. The third-order valence-corrected chi connectivity index (χ3v) is 2.78. The van der Waals surface area contributed by atoms with E-state index < -0.39 is 5.97 Å². The number of carbonyl (C=O) groups is 1. The summed E-state index contributed by atoms with van der Waals surface area (Å²) in [5.41, 5.74) is 1.87. The first-order valence-electron chi connectivity index (χ1n) is 4.97. The minimum atomic E-state index is -0.831. The van der Waals surface area contributed by atoms with Gasteiger partial charge in [0.25, 0.3) is 0 Å². The van der Waals surface area contributed by atoms with E-state index in [-0.39, 0.29) is 6.42 Å². The molecule has 0 bridgehead atoms. The number of carboxylic acids is 1. The molecule has 2 nitrogen and oxygen atoms in total. The molecule has 0 aliphatic rings. The third kappa shape index (κ3) is 2.17. The SMILES string of the molecule is Cc1cc(Cl)c2cc(CC(=O)O)ccc2c1. The third-order valence-electron chi connectivity index (χ3n) is 2.47. The van der Waals surface area contributed by atoms with Crippen LogP contribution in [0.15, 0.2) is 30.3 Å². The van der Waals surface area contributed by atoms with Crippen LogP contribution in [-0.2, 0) is 11.2 Å². The number of carboxylic acid groups (broad SMARTS) is 1.